The third kappa shape index (κ3) is 6.71. The van der Waals surface area contributed by atoms with E-state index in [0.717, 1.165) is 0 Å². The summed E-state index contributed by atoms with van der Waals surface area (Å²) in [6, 6.07) is 9.43. The molecular formula is C21H23Cl2N3O4. The van der Waals surface area contributed by atoms with Gasteiger partial charge in [0.25, 0.3) is 11.8 Å². The molecule has 1 atom stereocenters. The highest BCUT2D eigenvalue weighted by molar-refractivity contribution is 6.20. The summed E-state index contributed by atoms with van der Waals surface area (Å²) in [5.41, 5.74) is 0.619. The van der Waals surface area contributed by atoms with Gasteiger partial charge in [-0.1, -0.05) is 24.6 Å². The topological polar surface area (TPSA) is 97.4 Å². The van der Waals surface area contributed by atoms with Crippen molar-refractivity contribution < 1.29 is 19.1 Å². The number of amides is 2. The highest BCUT2D eigenvalue weighted by Crippen LogP contribution is 2.17. The van der Waals surface area contributed by atoms with Gasteiger partial charge in [-0.05, 0) is 50.1 Å². The summed E-state index contributed by atoms with van der Waals surface area (Å²) < 4.78 is 5.08. The molecule has 1 unspecified atom stereocenters. The molecule has 2 aromatic rings. The van der Waals surface area contributed by atoms with Crippen molar-refractivity contribution in [1.29, 1.82) is 0 Å². The lowest BCUT2D eigenvalue weighted by molar-refractivity contribution is 0.0443. The number of hydrogen-bond acceptors (Lipinski definition) is 5. The standard InChI is InChI=1S/C21H23Cl2N3O4/c1-3-17(23)30-21(29)14-6-4-7-15(12-14)26-19(27)16-9-8-13(2)25-18(16)20(28)24-11-5-10-22/h4,6-9,12,17H,3,5,10-11H2,1-2H3,(H,24,28)(H,26,27). The molecule has 0 spiro atoms. The molecule has 2 rings (SSSR count). The molecule has 0 bridgehead atoms. The molecule has 1 aromatic heterocycles. The average Bonchev–Trinajstić information content (AvgIpc) is 2.73. The Morgan fingerprint density at radius 3 is 2.63 bits per heavy atom. The molecule has 0 fully saturated rings. The van der Waals surface area contributed by atoms with Gasteiger partial charge in [-0.25, -0.2) is 9.78 Å². The van der Waals surface area contributed by atoms with Crippen molar-refractivity contribution in [1.82, 2.24) is 10.3 Å². The van der Waals surface area contributed by atoms with E-state index >= 15 is 0 Å². The smallest absolute Gasteiger partial charge is 0.339 e. The summed E-state index contributed by atoms with van der Waals surface area (Å²) in [6.45, 7) is 3.90. The van der Waals surface area contributed by atoms with Crippen LogP contribution in [0.15, 0.2) is 36.4 Å². The lowest BCUT2D eigenvalue weighted by Gasteiger charge is -2.12. The van der Waals surface area contributed by atoms with Crippen LogP contribution in [-0.2, 0) is 4.74 Å². The lowest BCUT2D eigenvalue weighted by atomic mass is 10.1. The maximum Gasteiger partial charge on any atom is 0.339 e. The molecule has 7 nitrogen and oxygen atoms in total. The Morgan fingerprint density at radius 1 is 1.17 bits per heavy atom. The van der Waals surface area contributed by atoms with Gasteiger partial charge in [0, 0.05) is 23.8 Å². The molecular weight excluding hydrogens is 429 g/mol. The van der Waals surface area contributed by atoms with Gasteiger partial charge in [-0.15, -0.1) is 11.6 Å². The van der Waals surface area contributed by atoms with Gasteiger partial charge in [-0.2, -0.15) is 0 Å². The number of alkyl halides is 2. The second kappa shape index (κ2) is 11.5. The highest BCUT2D eigenvalue weighted by Gasteiger charge is 2.20. The van der Waals surface area contributed by atoms with E-state index in [1.807, 2.05) is 0 Å². The molecule has 0 aliphatic carbocycles. The number of rotatable bonds is 9. The van der Waals surface area contributed by atoms with E-state index in [1.165, 1.54) is 12.1 Å². The monoisotopic (exact) mass is 451 g/mol. The number of carbonyl (C=O) groups is 3. The number of halogens is 2. The number of pyridine rings is 1. The Morgan fingerprint density at radius 2 is 1.93 bits per heavy atom. The van der Waals surface area contributed by atoms with Crippen molar-refractivity contribution in [2.75, 3.05) is 17.7 Å². The average molecular weight is 452 g/mol. The minimum atomic E-state index is -0.728. The molecule has 0 aliphatic rings. The minimum Gasteiger partial charge on any atom is -0.442 e. The van der Waals surface area contributed by atoms with Crippen LogP contribution in [0.2, 0.25) is 0 Å². The first kappa shape index (κ1) is 23.6. The SMILES string of the molecule is CCC(Cl)OC(=O)c1cccc(NC(=O)c2ccc(C)nc2C(=O)NCCCCl)c1. The fraction of sp³-hybridized carbons (Fsp3) is 0.333. The van der Waals surface area contributed by atoms with E-state index in [-0.39, 0.29) is 16.8 Å². The number of carbonyl (C=O) groups excluding carboxylic acids is 3. The normalized spacial score (nSPS) is 11.5. The predicted molar refractivity (Wildman–Crippen MR) is 116 cm³/mol. The van der Waals surface area contributed by atoms with Crippen LogP contribution in [0.4, 0.5) is 5.69 Å². The molecule has 1 aromatic carbocycles. The van der Waals surface area contributed by atoms with Gasteiger partial charge in [0.1, 0.15) is 5.69 Å². The molecule has 2 amide bonds. The summed E-state index contributed by atoms with van der Waals surface area (Å²) in [7, 11) is 0. The van der Waals surface area contributed by atoms with Crippen molar-refractivity contribution in [3.05, 3.63) is 58.9 Å². The van der Waals surface area contributed by atoms with E-state index in [1.54, 1.807) is 38.1 Å². The van der Waals surface area contributed by atoms with Crippen LogP contribution < -0.4 is 10.6 Å². The van der Waals surface area contributed by atoms with Crippen LogP contribution in [-0.4, -0.2) is 40.8 Å². The molecule has 30 heavy (non-hydrogen) atoms. The van der Waals surface area contributed by atoms with Gasteiger partial charge in [0.15, 0.2) is 5.56 Å². The Bertz CT molecular complexity index is 921. The van der Waals surface area contributed by atoms with Crippen molar-refractivity contribution in [3.63, 3.8) is 0 Å². The number of benzene rings is 1. The van der Waals surface area contributed by atoms with Crippen molar-refractivity contribution >= 4 is 46.7 Å². The largest absolute Gasteiger partial charge is 0.442 e. The molecule has 0 radical (unpaired) electrons. The molecule has 9 heteroatoms. The van der Waals surface area contributed by atoms with Crippen LogP contribution in [0.25, 0.3) is 0 Å². The van der Waals surface area contributed by atoms with Crippen LogP contribution in [0.1, 0.15) is 56.7 Å². The van der Waals surface area contributed by atoms with Gasteiger partial charge in [0.05, 0.1) is 11.1 Å². The Hall–Kier alpha value is -2.64. The van der Waals surface area contributed by atoms with Crippen LogP contribution in [0, 0.1) is 6.92 Å². The fourth-order valence-corrected chi connectivity index (χ4v) is 2.67. The molecule has 0 aliphatic heterocycles. The molecule has 0 saturated carbocycles. The van der Waals surface area contributed by atoms with E-state index in [4.69, 9.17) is 27.9 Å². The molecule has 2 N–H and O–H groups in total. The second-order valence-electron chi connectivity index (χ2n) is 6.41. The zero-order valence-corrected chi connectivity index (χ0v) is 18.2. The first-order valence-corrected chi connectivity index (χ1v) is 10.4. The summed E-state index contributed by atoms with van der Waals surface area (Å²) >= 11 is 11.5. The maximum absolute atomic E-state index is 12.8. The van der Waals surface area contributed by atoms with E-state index in [9.17, 15) is 14.4 Å². The Balaban J connectivity index is 2.19. The van der Waals surface area contributed by atoms with Crippen LogP contribution in [0.5, 0.6) is 0 Å². The van der Waals surface area contributed by atoms with E-state index < -0.39 is 23.3 Å². The number of aromatic nitrogens is 1. The molecule has 1 heterocycles. The van der Waals surface area contributed by atoms with Crippen molar-refractivity contribution in [3.8, 4) is 0 Å². The number of hydrogen-bond donors (Lipinski definition) is 2. The zero-order valence-electron chi connectivity index (χ0n) is 16.7. The number of anilines is 1. The van der Waals surface area contributed by atoms with E-state index in [2.05, 4.69) is 15.6 Å². The van der Waals surface area contributed by atoms with Gasteiger partial charge >= 0.3 is 5.97 Å². The van der Waals surface area contributed by atoms with Crippen LogP contribution >= 0.6 is 23.2 Å². The van der Waals surface area contributed by atoms with Gasteiger partial charge < -0.3 is 15.4 Å². The molecule has 0 saturated heterocycles. The first-order valence-electron chi connectivity index (χ1n) is 9.44. The maximum atomic E-state index is 12.8. The predicted octanol–water partition coefficient (Wildman–Crippen LogP) is 4.13. The summed E-state index contributed by atoms with van der Waals surface area (Å²) in [5, 5.41) is 5.38. The lowest BCUT2D eigenvalue weighted by Crippen LogP contribution is -2.29. The minimum absolute atomic E-state index is 0.0190. The number of ether oxygens (including phenoxy) is 1. The van der Waals surface area contributed by atoms with Gasteiger partial charge in [-0.3, -0.25) is 9.59 Å². The first-order chi connectivity index (χ1) is 14.3. The Kier molecular flexibility index (Phi) is 9.08. The highest BCUT2D eigenvalue weighted by atomic mass is 35.5. The quantitative estimate of drug-likeness (QED) is 0.339. The molecule has 160 valence electrons. The second-order valence-corrected chi connectivity index (χ2v) is 7.27. The fourth-order valence-electron chi connectivity index (χ4n) is 2.46. The third-order valence-electron chi connectivity index (χ3n) is 4.00. The summed E-state index contributed by atoms with van der Waals surface area (Å²) in [4.78, 5) is 41.6. The van der Waals surface area contributed by atoms with Crippen molar-refractivity contribution in [2.45, 2.75) is 32.3 Å². The third-order valence-corrected chi connectivity index (χ3v) is 4.67. The zero-order chi connectivity index (χ0) is 22.1. The van der Waals surface area contributed by atoms with Crippen LogP contribution in [0.3, 0.4) is 0 Å². The number of aryl methyl sites for hydroxylation is 1. The Labute approximate surface area is 185 Å². The number of esters is 1. The summed E-state index contributed by atoms with van der Waals surface area (Å²) in [6.07, 6.45) is 1.07. The summed E-state index contributed by atoms with van der Waals surface area (Å²) in [5.74, 6) is -1.17. The van der Waals surface area contributed by atoms with Crippen molar-refractivity contribution in [2.24, 2.45) is 0 Å². The number of nitrogens with one attached hydrogen (secondary N) is 2. The van der Waals surface area contributed by atoms with E-state index in [0.29, 0.717) is 36.6 Å². The number of nitrogens with zero attached hydrogens (tertiary/aromatic N) is 1. The van der Waals surface area contributed by atoms with Gasteiger partial charge in [0.2, 0.25) is 0 Å².